The first-order valence-corrected chi connectivity index (χ1v) is 4.34. The van der Waals surface area contributed by atoms with Crippen LogP contribution in [-0.4, -0.2) is 21.3 Å². The summed E-state index contributed by atoms with van der Waals surface area (Å²) in [6.07, 6.45) is 1.35. The molecule has 1 amide bonds. The highest BCUT2D eigenvalue weighted by Gasteiger charge is 2.09. The highest BCUT2D eigenvalue weighted by atomic mass is 35.5. The fourth-order valence-corrected chi connectivity index (χ4v) is 0.995. The lowest BCUT2D eigenvalue weighted by molar-refractivity contribution is 0.102. The number of carbonyl (C=O) groups excluding carboxylic acids is 1. The van der Waals surface area contributed by atoms with Gasteiger partial charge in [0, 0.05) is 6.07 Å². The van der Waals surface area contributed by atoms with Crippen molar-refractivity contribution in [1.29, 1.82) is 0 Å². The van der Waals surface area contributed by atoms with E-state index < -0.39 is 5.91 Å². The molecular formula is C8H5ClN4O2. The monoisotopic (exact) mass is 224 g/mol. The van der Waals surface area contributed by atoms with Gasteiger partial charge < -0.3 is 9.84 Å². The fourth-order valence-electron chi connectivity index (χ4n) is 0.894. The minimum absolute atomic E-state index is 0.155. The molecule has 0 unspecified atom stereocenters. The number of nitrogens with zero attached hydrogens (tertiary/aromatic N) is 3. The van der Waals surface area contributed by atoms with Crippen LogP contribution < -0.4 is 5.32 Å². The first kappa shape index (κ1) is 9.60. The molecule has 0 aliphatic rings. The van der Waals surface area contributed by atoms with Crippen LogP contribution in [0.2, 0.25) is 5.15 Å². The van der Waals surface area contributed by atoms with Gasteiger partial charge in [-0.05, 0) is 12.1 Å². The third kappa shape index (κ3) is 2.29. The minimum Gasteiger partial charge on any atom is -0.363 e. The van der Waals surface area contributed by atoms with Crippen molar-refractivity contribution in [3.8, 4) is 0 Å². The quantitative estimate of drug-likeness (QED) is 0.833. The third-order valence-electron chi connectivity index (χ3n) is 1.54. The summed E-state index contributed by atoms with van der Waals surface area (Å²) in [6, 6.07) is 4.46. The van der Waals surface area contributed by atoms with Gasteiger partial charge in [0.1, 0.15) is 6.26 Å². The van der Waals surface area contributed by atoms with Gasteiger partial charge in [-0.25, -0.2) is 0 Å². The molecule has 76 valence electrons. The summed E-state index contributed by atoms with van der Waals surface area (Å²) in [6.45, 7) is 0. The summed E-state index contributed by atoms with van der Waals surface area (Å²) >= 11 is 5.53. The standard InChI is InChI=1S/C8H5ClN4O2/c9-6-2-1-5(11-12-6)8(14)10-7-3-4-15-13-7/h1-4H,(H,10,13,14). The topological polar surface area (TPSA) is 80.9 Å². The molecule has 0 aliphatic heterocycles. The summed E-state index contributed by atoms with van der Waals surface area (Å²) in [5, 5.41) is 13.4. The van der Waals surface area contributed by atoms with Crippen LogP contribution in [0.4, 0.5) is 5.82 Å². The van der Waals surface area contributed by atoms with E-state index in [1.54, 1.807) is 0 Å². The van der Waals surface area contributed by atoms with Crippen molar-refractivity contribution in [3.05, 3.63) is 35.3 Å². The normalized spacial score (nSPS) is 9.93. The van der Waals surface area contributed by atoms with Crippen LogP contribution in [-0.2, 0) is 0 Å². The maximum Gasteiger partial charge on any atom is 0.277 e. The molecule has 1 N–H and O–H groups in total. The molecule has 2 rings (SSSR count). The van der Waals surface area contributed by atoms with Gasteiger partial charge in [-0.1, -0.05) is 16.8 Å². The van der Waals surface area contributed by atoms with Crippen LogP contribution in [0.5, 0.6) is 0 Å². The molecule has 7 heteroatoms. The highest BCUT2D eigenvalue weighted by molar-refractivity contribution is 6.29. The van der Waals surface area contributed by atoms with Gasteiger partial charge >= 0.3 is 0 Å². The van der Waals surface area contributed by atoms with E-state index in [0.29, 0.717) is 5.82 Å². The van der Waals surface area contributed by atoms with E-state index in [-0.39, 0.29) is 10.8 Å². The molecule has 0 radical (unpaired) electrons. The fraction of sp³-hybridized carbons (Fsp3) is 0. The summed E-state index contributed by atoms with van der Waals surface area (Å²) in [5.74, 6) is -0.107. The Balaban J connectivity index is 2.11. The van der Waals surface area contributed by atoms with Gasteiger partial charge in [0.2, 0.25) is 0 Å². The van der Waals surface area contributed by atoms with Crippen LogP contribution in [0.3, 0.4) is 0 Å². The molecule has 0 aromatic carbocycles. The van der Waals surface area contributed by atoms with Crippen molar-refractivity contribution >= 4 is 23.3 Å². The van der Waals surface area contributed by atoms with E-state index in [1.165, 1.54) is 24.5 Å². The number of halogens is 1. The van der Waals surface area contributed by atoms with Crippen molar-refractivity contribution in [2.24, 2.45) is 0 Å². The lowest BCUT2D eigenvalue weighted by atomic mass is 10.3. The number of rotatable bonds is 2. The molecule has 6 nitrogen and oxygen atoms in total. The Morgan fingerprint density at radius 3 is 2.80 bits per heavy atom. The van der Waals surface area contributed by atoms with Crippen LogP contribution >= 0.6 is 11.6 Å². The number of aromatic nitrogens is 3. The first-order chi connectivity index (χ1) is 7.25. The lowest BCUT2D eigenvalue weighted by Gasteiger charge is -1.98. The van der Waals surface area contributed by atoms with Gasteiger partial charge in [0.25, 0.3) is 5.91 Å². The number of nitrogens with one attached hydrogen (secondary N) is 1. The van der Waals surface area contributed by atoms with E-state index in [2.05, 4.69) is 25.2 Å². The molecule has 2 aromatic rings. The molecule has 0 bridgehead atoms. The molecule has 15 heavy (non-hydrogen) atoms. The number of hydrogen-bond donors (Lipinski definition) is 1. The van der Waals surface area contributed by atoms with Crippen molar-refractivity contribution in [2.45, 2.75) is 0 Å². The van der Waals surface area contributed by atoms with Crippen LogP contribution in [0.15, 0.2) is 29.0 Å². The Morgan fingerprint density at radius 2 is 2.20 bits per heavy atom. The maximum atomic E-state index is 11.5. The molecule has 0 saturated heterocycles. The average Bonchev–Trinajstić information content (AvgIpc) is 2.71. The third-order valence-corrected chi connectivity index (χ3v) is 1.75. The Labute approximate surface area is 89.2 Å². The zero-order valence-corrected chi connectivity index (χ0v) is 8.10. The molecule has 0 fully saturated rings. The second kappa shape index (κ2) is 4.05. The van der Waals surface area contributed by atoms with Gasteiger partial charge in [0.15, 0.2) is 16.7 Å². The molecule has 0 saturated carbocycles. The summed E-state index contributed by atoms with van der Waals surface area (Å²) in [4.78, 5) is 11.5. The number of hydrogen-bond acceptors (Lipinski definition) is 5. The zero-order chi connectivity index (χ0) is 10.7. The van der Waals surface area contributed by atoms with Crippen molar-refractivity contribution in [1.82, 2.24) is 15.4 Å². The molecule has 0 atom stereocenters. The van der Waals surface area contributed by atoms with E-state index >= 15 is 0 Å². The Bertz CT molecular complexity index is 454. The molecular weight excluding hydrogens is 220 g/mol. The molecule has 2 aromatic heterocycles. The zero-order valence-electron chi connectivity index (χ0n) is 7.35. The second-order valence-corrected chi connectivity index (χ2v) is 2.97. The van der Waals surface area contributed by atoms with Crippen LogP contribution in [0.25, 0.3) is 0 Å². The smallest absolute Gasteiger partial charge is 0.277 e. The molecule has 0 spiro atoms. The van der Waals surface area contributed by atoms with Crippen LogP contribution in [0.1, 0.15) is 10.5 Å². The lowest BCUT2D eigenvalue weighted by Crippen LogP contribution is -2.14. The first-order valence-electron chi connectivity index (χ1n) is 3.96. The van der Waals surface area contributed by atoms with Gasteiger partial charge in [-0.2, -0.15) is 0 Å². The Morgan fingerprint density at radius 1 is 1.33 bits per heavy atom. The Hall–Kier alpha value is -1.95. The number of amides is 1. The van der Waals surface area contributed by atoms with Gasteiger partial charge in [-0.15, -0.1) is 10.2 Å². The van der Waals surface area contributed by atoms with Crippen molar-refractivity contribution in [2.75, 3.05) is 5.32 Å². The largest absolute Gasteiger partial charge is 0.363 e. The SMILES string of the molecule is O=C(Nc1ccon1)c1ccc(Cl)nn1. The van der Waals surface area contributed by atoms with Crippen molar-refractivity contribution in [3.63, 3.8) is 0 Å². The molecule has 2 heterocycles. The predicted octanol–water partition coefficient (Wildman–Crippen LogP) is 1.37. The second-order valence-electron chi connectivity index (χ2n) is 2.58. The summed E-state index contributed by atoms with van der Waals surface area (Å²) in [5.41, 5.74) is 0.155. The van der Waals surface area contributed by atoms with Gasteiger partial charge in [-0.3, -0.25) is 4.79 Å². The van der Waals surface area contributed by atoms with E-state index in [1.807, 2.05) is 0 Å². The van der Waals surface area contributed by atoms with Gasteiger partial charge in [0.05, 0.1) is 0 Å². The summed E-state index contributed by atoms with van der Waals surface area (Å²) in [7, 11) is 0. The maximum absolute atomic E-state index is 11.5. The highest BCUT2D eigenvalue weighted by Crippen LogP contribution is 2.06. The van der Waals surface area contributed by atoms with E-state index in [9.17, 15) is 4.79 Å². The average molecular weight is 225 g/mol. The number of anilines is 1. The number of carbonyl (C=O) groups is 1. The minimum atomic E-state index is -0.423. The Kier molecular flexibility index (Phi) is 2.59. The van der Waals surface area contributed by atoms with E-state index in [4.69, 9.17) is 11.6 Å². The summed E-state index contributed by atoms with van der Waals surface area (Å²) < 4.78 is 4.55. The predicted molar refractivity (Wildman–Crippen MR) is 51.5 cm³/mol. The molecule has 0 aliphatic carbocycles. The van der Waals surface area contributed by atoms with Crippen LogP contribution in [0, 0.1) is 0 Å². The van der Waals surface area contributed by atoms with Crippen molar-refractivity contribution < 1.29 is 9.32 Å². The van der Waals surface area contributed by atoms with E-state index in [0.717, 1.165) is 0 Å².